The second-order valence-corrected chi connectivity index (χ2v) is 32.4. The quantitative estimate of drug-likeness (QED) is 0.0670. The van der Waals surface area contributed by atoms with E-state index in [1.54, 1.807) is 59.4 Å². The first kappa shape index (κ1) is 77.6. The summed E-state index contributed by atoms with van der Waals surface area (Å²) in [6.07, 6.45) is 0.561. The molecule has 27 heteroatoms. The summed E-state index contributed by atoms with van der Waals surface area (Å²) in [6.45, 7) is 19.3. The Bertz CT molecular complexity index is 4290. The fourth-order valence-electron chi connectivity index (χ4n) is 16.7. The number of methoxy groups -OCH3 is 1. The van der Waals surface area contributed by atoms with Gasteiger partial charge in [0.25, 0.3) is 23.5 Å². The third kappa shape index (κ3) is 15.7. The van der Waals surface area contributed by atoms with Crippen LogP contribution in [0.2, 0.25) is 0 Å². The zero-order valence-electron chi connectivity index (χ0n) is 62.2. The standard InChI is InChI=1S/C27H37N3O4.C26H31F3N4O3S.C26H32F3N3O3.H2/c1-18(2)25(31)21-8-10-24-27(28(5)15-16-30(21)24)11-13-29(14-12-27)26(32)20-7-9-22(34-19(3)4)23(17-20)33-6;27-26(28,29)23-11-10-22-25(33(17-16-32(22)23)20-2-1-3-20)12-14-31(15-13-25)24(34)18-4-8-21(9-5-18)37(35,36)30-19-6-7-19;1-18(2)10-17-35-20-6-4-19(5-7-20)24(34)31-13-11-25(12-14-31)22-9-8-21(23(33)26(27,28)29)32(22)16-15-30(25)3;/h7-10,17-19H,11-16H2,1-6H3;4-5,8-11,19-20,30H,1-3,6-7,12-17H2;4-9,18H,10-17H2,1-3H3;1H. The van der Waals surface area contributed by atoms with Crippen LogP contribution in [0.5, 0.6) is 17.2 Å². The van der Waals surface area contributed by atoms with Gasteiger partial charge < -0.3 is 42.6 Å². The number of fused-ring (bicyclic) bond motifs is 6. The van der Waals surface area contributed by atoms with E-state index >= 15 is 0 Å². The summed E-state index contributed by atoms with van der Waals surface area (Å²) in [5, 5.41) is 0. The molecule has 6 aliphatic heterocycles. The minimum Gasteiger partial charge on any atom is -0.494 e. The molecule has 0 radical (unpaired) electrons. The maximum absolute atomic E-state index is 13.7. The van der Waals surface area contributed by atoms with Crippen LogP contribution in [0.4, 0.5) is 26.3 Å². The molecule has 3 aromatic carbocycles. The molecule has 3 aromatic heterocycles. The molecule has 3 amide bonds. The minimum atomic E-state index is -4.91. The Hall–Kier alpha value is -7.98. The van der Waals surface area contributed by atoms with E-state index in [4.69, 9.17) is 14.2 Å². The summed E-state index contributed by atoms with van der Waals surface area (Å²) >= 11 is 0. The highest BCUT2D eigenvalue weighted by Crippen LogP contribution is 2.49. The lowest BCUT2D eigenvalue weighted by molar-refractivity contribution is -0.145. The van der Waals surface area contributed by atoms with Crippen LogP contribution in [0.1, 0.15) is 195 Å². The van der Waals surface area contributed by atoms with Gasteiger partial charge in [0.05, 0.1) is 52.7 Å². The van der Waals surface area contributed by atoms with Crippen LogP contribution in [0, 0.1) is 11.8 Å². The van der Waals surface area contributed by atoms with Crippen molar-refractivity contribution in [1.29, 1.82) is 0 Å². The summed E-state index contributed by atoms with van der Waals surface area (Å²) in [4.78, 5) is 77.0. The van der Waals surface area contributed by atoms with Gasteiger partial charge >= 0.3 is 12.4 Å². The van der Waals surface area contributed by atoms with Crippen molar-refractivity contribution in [3.63, 3.8) is 0 Å². The molecule has 1 N–H and O–H groups in total. The van der Waals surface area contributed by atoms with Crippen LogP contribution in [0.3, 0.4) is 0 Å². The predicted octanol–water partition coefficient (Wildman–Crippen LogP) is 13.1. The number of sulfonamides is 1. The summed E-state index contributed by atoms with van der Waals surface area (Å²) < 4.78 is 130. The van der Waals surface area contributed by atoms with Gasteiger partial charge in [0.2, 0.25) is 10.0 Å². The van der Waals surface area contributed by atoms with Crippen molar-refractivity contribution in [2.24, 2.45) is 11.8 Å². The molecule has 0 atom stereocenters. The number of ether oxygens (including phenoxy) is 3. The maximum atomic E-state index is 13.7. The van der Waals surface area contributed by atoms with Crippen molar-refractivity contribution >= 4 is 39.3 Å². The number of halogens is 6. The van der Waals surface area contributed by atoms with Crippen molar-refractivity contribution in [3.05, 3.63) is 154 Å². The molecule has 2 aliphatic carbocycles. The number of nitrogens with zero attached hydrogens (tertiary/aromatic N) is 9. The number of alkyl halides is 6. The summed E-state index contributed by atoms with van der Waals surface area (Å²) in [6, 6.07) is 28.8. The third-order valence-electron chi connectivity index (χ3n) is 23.1. The zero-order valence-corrected chi connectivity index (χ0v) is 63.0. The Balaban J connectivity index is 0.000000159. The zero-order chi connectivity index (χ0) is 76.0. The lowest BCUT2D eigenvalue weighted by Crippen LogP contribution is -2.62. The van der Waals surface area contributed by atoms with E-state index in [0.29, 0.717) is 149 Å². The summed E-state index contributed by atoms with van der Waals surface area (Å²) in [5.74, 6) is 0.599. The molecule has 2 saturated carbocycles. The van der Waals surface area contributed by atoms with Crippen LogP contribution in [0.15, 0.2) is 108 Å². The second kappa shape index (κ2) is 30.9. The first-order valence-electron chi connectivity index (χ1n) is 37.4. The van der Waals surface area contributed by atoms with Crippen molar-refractivity contribution in [2.75, 3.05) is 86.7 Å². The number of ketones is 2. The van der Waals surface area contributed by atoms with Gasteiger partial charge in [-0.2, -0.15) is 26.3 Å². The first-order chi connectivity index (χ1) is 50.3. The number of piperidine rings is 3. The molecule has 20 nitrogen and oxygen atoms in total. The van der Waals surface area contributed by atoms with Gasteiger partial charge in [-0.05, 0) is 208 Å². The molecule has 6 aromatic rings. The van der Waals surface area contributed by atoms with Crippen molar-refractivity contribution in [3.8, 4) is 17.2 Å². The molecule has 14 rings (SSSR count). The van der Waals surface area contributed by atoms with Crippen LogP contribution in [0.25, 0.3) is 0 Å². The Labute approximate surface area is 618 Å². The second-order valence-electron chi connectivity index (χ2n) is 30.7. The number of benzene rings is 3. The number of likely N-dealkylation sites (tertiary alicyclic amines) is 3. The predicted molar refractivity (Wildman–Crippen MR) is 390 cm³/mol. The number of hydrogen-bond donors (Lipinski definition) is 1. The molecule has 576 valence electrons. The highest BCUT2D eigenvalue weighted by atomic mass is 32.2. The van der Waals surface area contributed by atoms with Gasteiger partial charge in [-0.3, -0.25) is 38.7 Å². The average molecular weight is 1500 g/mol. The molecule has 0 unspecified atom stereocenters. The molecule has 8 aliphatic rings. The SMILES string of the molecule is CC(C)CCOc1ccc(C(=O)N2CCC3(CC2)c2ccc(C(=O)C(F)(F)F)n2CCN3C)cc1.COc1cc(C(=O)N2CCC3(CC2)c2ccc(C(=O)C(C)C)n2CCN3C)ccc1OC(C)C.O=C(c1ccc(S(=O)(=O)NC2CC2)cc1)N1CCC2(CC1)c1ccc(C(F)(F)F)n1CCN2C1CCC1.[HH]. The highest BCUT2D eigenvalue weighted by molar-refractivity contribution is 7.89. The lowest BCUT2D eigenvalue weighted by Gasteiger charge is -2.56. The first-order valence-corrected chi connectivity index (χ1v) is 38.9. The Kier molecular flexibility index (Phi) is 22.7. The molecular weight excluding hydrogens is 1390 g/mol. The van der Waals surface area contributed by atoms with E-state index in [0.717, 1.165) is 75.9 Å². The number of Topliss-reactive ketones (excluding diaryl/α,β-unsaturated/α-hetero) is 2. The van der Waals surface area contributed by atoms with Gasteiger partial charge in [-0.1, -0.05) is 34.1 Å². The number of likely N-dealkylation sites (N-methyl/N-ethyl adjacent to an activating group) is 2. The van der Waals surface area contributed by atoms with E-state index in [-0.39, 0.29) is 59.1 Å². The topological polar surface area (TPSA) is 193 Å². The molecule has 3 saturated heterocycles. The van der Waals surface area contributed by atoms with Gasteiger partial charge in [0.15, 0.2) is 17.3 Å². The smallest absolute Gasteiger partial charge is 0.456 e. The van der Waals surface area contributed by atoms with Crippen LogP contribution in [-0.2, 0) is 52.5 Å². The van der Waals surface area contributed by atoms with E-state index in [9.17, 15) is 58.7 Å². The number of carbonyl (C=O) groups excluding carboxylic acids is 5. The molecule has 106 heavy (non-hydrogen) atoms. The average Bonchev–Trinajstić information content (AvgIpc) is 1.67. The Morgan fingerprint density at radius 1 is 0.547 bits per heavy atom. The van der Waals surface area contributed by atoms with Crippen LogP contribution < -0.4 is 18.9 Å². The third-order valence-corrected chi connectivity index (χ3v) is 24.7. The van der Waals surface area contributed by atoms with Crippen LogP contribution in [-0.4, -0.2) is 192 Å². The monoisotopic (exact) mass is 1500 g/mol. The number of aromatic nitrogens is 3. The molecule has 0 bridgehead atoms. The molecule has 9 heterocycles. The number of hydrogen-bond acceptors (Lipinski definition) is 13. The van der Waals surface area contributed by atoms with Crippen molar-refractivity contribution in [1.82, 2.24) is 47.8 Å². The maximum Gasteiger partial charge on any atom is 0.456 e. The molecule has 3 spiro atoms. The normalized spacial score (nSPS) is 19.6. The Morgan fingerprint density at radius 2 is 1.02 bits per heavy atom. The van der Waals surface area contributed by atoms with Gasteiger partial charge in [0, 0.05) is 132 Å². The number of nitrogens with one attached hydrogen (secondary N) is 1. The van der Waals surface area contributed by atoms with Crippen molar-refractivity contribution < 1.29 is 74.4 Å². The number of carbonyl (C=O) groups is 5. The van der Waals surface area contributed by atoms with Crippen molar-refractivity contribution in [2.45, 2.75) is 190 Å². The van der Waals surface area contributed by atoms with Gasteiger partial charge in [-0.25, -0.2) is 13.1 Å². The number of amides is 3. The molecular formula is C79H102F6N10O10S. The lowest BCUT2D eigenvalue weighted by atomic mass is 9.77. The van der Waals surface area contributed by atoms with Crippen LogP contribution >= 0.6 is 0 Å². The van der Waals surface area contributed by atoms with Gasteiger partial charge in [-0.15, -0.1) is 0 Å². The van der Waals surface area contributed by atoms with E-state index in [2.05, 4.69) is 51.0 Å². The van der Waals surface area contributed by atoms with Gasteiger partial charge in [0.1, 0.15) is 11.4 Å². The van der Waals surface area contributed by atoms with E-state index < -0.39 is 44.9 Å². The fourth-order valence-corrected chi connectivity index (χ4v) is 18.0. The van der Waals surface area contributed by atoms with E-state index in [1.807, 2.05) is 57.8 Å². The minimum absolute atomic E-state index is 0. The summed E-state index contributed by atoms with van der Waals surface area (Å²) in [7, 11) is 2.12. The Morgan fingerprint density at radius 3 is 1.49 bits per heavy atom. The van der Waals surface area contributed by atoms with E-state index in [1.165, 1.54) is 51.2 Å². The summed E-state index contributed by atoms with van der Waals surface area (Å²) in [5.41, 5.74) is 2.94. The number of rotatable bonds is 17. The molecule has 5 fully saturated rings. The fraction of sp³-hybridized carbons (Fsp3) is 0.557. The highest BCUT2D eigenvalue weighted by Gasteiger charge is 2.53. The largest absolute Gasteiger partial charge is 0.494 e.